The van der Waals surface area contributed by atoms with Gasteiger partial charge in [0.05, 0.1) is 25.0 Å². The third-order valence-electron chi connectivity index (χ3n) is 3.99. The van der Waals surface area contributed by atoms with Crippen molar-refractivity contribution in [1.82, 2.24) is 14.9 Å². The maximum absolute atomic E-state index is 12.4. The van der Waals surface area contributed by atoms with Crippen LogP contribution in [0.5, 0.6) is 11.5 Å². The number of benzene rings is 2. The first kappa shape index (κ1) is 16.6. The van der Waals surface area contributed by atoms with Crippen LogP contribution in [-0.4, -0.2) is 27.7 Å². The first-order valence-corrected chi connectivity index (χ1v) is 7.84. The summed E-state index contributed by atoms with van der Waals surface area (Å²) in [6.07, 6.45) is 5.32. The molecule has 1 heterocycles. The first-order chi connectivity index (χ1) is 12.1. The number of imidazole rings is 1. The van der Waals surface area contributed by atoms with E-state index in [1.807, 2.05) is 42.0 Å². The number of phenolic OH excluding ortho intramolecular Hbond substituents is 1. The predicted molar refractivity (Wildman–Crippen MR) is 94.1 cm³/mol. The molecule has 2 N–H and O–H groups in total. The van der Waals surface area contributed by atoms with E-state index in [-0.39, 0.29) is 23.3 Å². The zero-order valence-electron chi connectivity index (χ0n) is 14.0. The molecule has 0 radical (unpaired) electrons. The maximum Gasteiger partial charge on any atom is 0.255 e. The highest BCUT2D eigenvalue weighted by Gasteiger charge is 2.15. The van der Waals surface area contributed by atoms with Crippen LogP contribution in [0.15, 0.2) is 61.2 Å². The summed E-state index contributed by atoms with van der Waals surface area (Å²) in [5, 5.41) is 12.9. The standard InChI is InChI=1S/C19H19N3O3/c1-13(14-3-5-15(6-4-14)22-10-9-20-12-22)21-19(24)17-8-7-16(25-2)11-18(17)23/h3-13,23H,1-2H3,(H,21,24)/t13-/m0/s1. The van der Waals surface area contributed by atoms with Crippen LogP contribution < -0.4 is 10.1 Å². The van der Waals surface area contributed by atoms with Gasteiger partial charge in [0.15, 0.2) is 0 Å². The van der Waals surface area contributed by atoms with E-state index in [1.165, 1.54) is 13.2 Å². The number of carbonyl (C=O) groups is 1. The van der Waals surface area contributed by atoms with Gasteiger partial charge in [-0.3, -0.25) is 4.79 Å². The fourth-order valence-corrected chi connectivity index (χ4v) is 2.54. The number of carbonyl (C=O) groups excluding carboxylic acids is 1. The van der Waals surface area contributed by atoms with Crippen molar-refractivity contribution in [1.29, 1.82) is 0 Å². The highest BCUT2D eigenvalue weighted by Crippen LogP contribution is 2.24. The van der Waals surface area contributed by atoms with Crippen LogP contribution >= 0.6 is 0 Å². The molecule has 3 aromatic rings. The molecule has 1 atom stereocenters. The first-order valence-electron chi connectivity index (χ1n) is 7.84. The Labute approximate surface area is 145 Å². The molecule has 0 aliphatic heterocycles. The van der Waals surface area contributed by atoms with E-state index in [2.05, 4.69) is 10.3 Å². The van der Waals surface area contributed by atoms with Gasteiger partial charge in [0, 0.05) is 24.1 Å². The Morgan fingerprint density at radius 1 is 1.24 bits per heavy atom. The van der Waals surface area contributed by atoms with Crippen molar-refractivity contribution in [2.75, 3.05) is 7.11 Å². The van der Waals surface area contributed by atoms with E-state index in [9.17, 15) is 9.90 Å². The molecule has 6 heteroatoms. The smallest absolute Gasteiger partial charge is 0.255 e. The Balaban J connectivity index is 1.71. The van der Waals surface area contributed by atoms with Gasteiger partial charge in [-0.1, -0.05) is 12.1 Å². The van der Waals surface area contributed by atoms with E-state index in [4.69, 9.17) is 4.74 Å². The van der Waals surface area contributed by atoms with Gasteiger partial charge in [-0.2, -0.15) is 0 Å². The van der Waals surface area contributed by atoms with Crippen molar-refractivity contribution in [2.24, 2.45) is 0 Å². The largest absolute Gasteiger partial charge is 0.507 e. The summed E-state index contributed by atoms with van der Waals surface area (Å²) in [6, 6.07) is 12.2. The van der Waals surface area contributed by atoms with Gasteiger partial charge in [0.2, 0.25) is 0 Å². The molecule has 0 unspecified atom stereocenters. The molecule has 128 valence electrons. The molecule has 0 bridgehead atoms. The van der Waals surface area contributed by atoms with Gasteiger partial charge in [-0.05, 0) is 36.8 Å². The lowest BCUT2D eigenvalue weighted by atomic mass is 10.1. The summed E-state index contributed by atoms with van der Waals surface area (Å²) in [6.45, 7) is 1.89. The van der Waals surface area contributed by atoms with Crippen LogP contribution in [0.2, 0.25) is 0 Å². The number of ether oxygens (including phenoxy) is 1. The molecule has 0 saturated heterocycles. The molecule has 1 amide bonds. The molecule has 0 aliphatic rings. The summed E-state index contributed by atoms with van der Waals surface area (Å²) in [7, 11) is 1.50. The Kier molecular flexibility index (Phi) is 4.70. The van der Waals surface area contributed by atoms with Crippen LogP contribution in [-0.2, 0) is 0 Å². The topological polar surface area (TPSA) is 76.4 Å². The molecule has 2 aromatic carbocycles. The lowest BCUT2D eigenvalue weighted by molar-refractivity contribution is 0.0937. The molecule has 0 spiro atoms. The average molecular weight is 337 g/mol. The monoisotopic (exact) mass is 337 g/mol. The summed E-state index contributed by atoms with van der Waals surface area (Å²) in [5.74, 6) is 0.0445. The van der Waals surface area contributed by atoms with Crippen molar-refractivity contribution >= 4 is 5.91 Å². The third kappa shape index (κ3) is 3.63. The second kappa shape index (κ2) is 7.09. The van der Waals surface area contributed by atoms with Gasteiger partial charge in [-0.15, -0.1) is 0 Å². The normalized spacial score (nSPS) is 11.8. The number of phenols is 1. The van der Waals surface area contributed by atoms with Gasteiger partial charge in [-0.25, -0.2) is 4.98 Å². The minimum absolute atomic E-state index is 0.112. The number of methoxy groups -OCH3 is 1. The molecule has 6 nitrogen and oxygen atoms in total. The van der Waals surface area contributed by atoms with Crippen molar-refractivity contribution in [2.45, 2.75) is 13.0 Å². The summed E-state index contributed by atoms with van der Waals surface area (Å²) >= 11 is 0. The number of nitrogens with one attached hydrogen (secondary N) is 1. The van der Waals surface area contributed by atoms with Gasteiger partial charge in [0.1, 0.15) is 11.5 Å². The number of aromatic hydroxyl groups is 1. The van der Waals surface area contributed by atoms with Gasteiger partial charge < -0.3 is 19.7 Å². The van der Waals surface area contributed by atoms with Crippen molar-refractivity contribution < 1.29 is 14.6 Å². The summed E-state index contributed by atoms with van der Waals surface area (Å²) in [4.78, 5) is 16.4. The van der Waals surface area contributed by atoms with Gasteiger partial charge >= 0.3 is 0 Å². The second-order valence-electron chi connectivity index (χ2n) is 5.64. The van der Waals surface area contributed by atoms with Crippen LogP contribution in [0.25, 0.3) is 5.69 Å². The SMILES string of the molecule is COc1ccc(C(=O)N[C@@H](C)c2ccc(-n3ccnc3)cc2)c(O)c1. The molecular formula is C19H19N3O3. The Hall–Kier alpha value is -3.28. The van der Waals surface area contributed by atoms with Crippen molar-refractivity contribution in [3.05, 3.63) is 72.3 Å². The molecule has 0 aliphatic carbocycles. The van der Waals surface area contributed by atoms with Crippen LogP contribution in [0.4, 0.5) is 0 Å². The molecule has 1 aromatic heterocycles. The Bertz CT molecular complexity index is 858. The van der Waals surface area contributed by atoms with Crippen molar-refractivity contribution in [3.63, 3.8) is 0 Å². The fraction of sp³-hybridized carbons (Fsp3) is 0.158. The minimum atomic E-state index is -0.341. The van der Waals surface area contributed by atoms with Gasteiger partial charge in [0.25, 0.3) is 5.91 Å². The number of nitrogens with zero attached hydrogens (tertiary/aromatic N) is 2. The number of hydrogen-bond acceptors (Lipinski definition) is 4. The lowest BCUT2D eigenvalue weighted by Gasteiger charge is -2.16. The van der Waals surface area contributed by atoms with E-state index in [0.29, 0.717) is 5.75 Å². The fourth-order valence-electron chi connectivity index (χ4n) is 2.54. The number of hydrogen-bond donors (Lipinski definition) is 2. The van der Waals surface area contributed by atoms with E-state index in [1.54, 1.807) is 24.7 Å². The molecule has 0 saturated carbocycles. The second-order valence-corrected chi connectivity index (χ2v) is 5.64. The predicted octanol–water partition coefficient (Wildman–Crippen LogP) is 3.08. The number of aromatic nitrogens is 2. The highest BCUT2D eigenvalue weighted by molar-refractivity contribution is 5.97. The molecular weight excluding hydrogens is 318 g/mol. The highest BCUT2D eigenvalue weighted by atomic mass is 16.5. The Morgan fingerprint density at radius 3 is 2.60 bits per heavy atom. The number of amides is 1. The lowest BCUT2D eigenvalue weighted by Crippen LogP contribution is -2.26. The van der Waals surface area contributed by atoms with E-state index >= 15 is 0 Å². The molecule has 25 heavy (non-hydrogen) atoms. The van der Waals surface area contributed by atoms with E-state index in [0.717, 1.165) is 11.3 Å². The average Bonchev–Trinajstić information content (AvgIpc) is 3.16. The number of rotatable bonds is 5. The van der Waals surface area contributed by atoms with Crippen LogP contribution in [0, 0.1) is 0 Å². The molecule has 3 rings (SSSR count). The summed E-state index contributed by atoms with van der Waals surface area (Å²) in [5.41, 5.74) is 2.17. The zero-order chi connectivity index (χ0) is 17.8. The Morgan fingerprint density at radius 2 is 2.00 bits per heavy atom. The molecule has 0 fully saturated rings. The third-order valence-corrected chi connectivity index (χ3v) is 3.99. The van der Waals surface area contributed by atoms with Crippen LogP contribution in [0.3, 0.4) is 0 Å². The zero-order valence-corrected chi connectivity index (χ0v) is 14.0. The van der Waals surface area contributed by atoms with Crippen LogP contribution in [0.1, 0.15) is 28.9 Å². The quantitative estimate of drug-likeness (QED) is 0.750. The van der Waals surface area contributed by atoms with E-state index < -0.39 is 0 Å². The van der Waals surface area contributed by atoms with Crippen molar-refractivity contribution in [3.8, 4) is 17.2 Å². The maximum atomic E-state index is 12.4. The summed E-state index contributed by atoms with van der Waals surface area (Å²) < 4.78 is 6.93. The minimum Gasteiger partial charge on any atom is -0.507 e.